The van der Waals surface area contributed by atoms with E-state index in [0.29, 0.717) is 0 Å². The third kappa shape index (κ3) is 5.75. The number of hydrogen-bond donors (Lipinski definition) is 1. The fraction of sp³-hybridized carbons (Fsp3) is 1.00. The van der Waals surface area contributed by atoms with Crippen molar-refractivity contribution in [3.63, 3.8) is 0 Å². The highest BCUT2D eigenvalue weighted by molar-refractivity contribution is 4.74. The van der Waals surface area contributed by atoms with Gasteiger partial charge in [-0.05, 0) is 26.2 Å². The van der Waals surface area contributed by atoms with E-state index in [1.165, 1.54) is 0 Å². The lowest BCUT2D eigenvalue weighted by molar-refractivity contribution is -0.781. The van der Waals surface area contributed by atoms with Crippen molar-refractivity contribution >= 4 is 0 Å². The van der Waals surface area contributed by atoms with E-state index in [4.69, 9.17) is 0 Å². The van der Waals surface area contributed by atoms with Crippen molar-refractivity contribution in [3.8, 4) is 0 Å². The van der Waals surface area contributed by atoms with Crippen LogP contribution in [0.4, 0.5) is 0 Å². The second-order valence-electron chi connectivity index (χ2n) is 3.96. The first-order valence-corrected chi connectivity index (χ1v) is 4.73. The lowest BCUT2D eigenvalue weighted by Crippen LogP contribution is -2.34. The van der Waals surface area contributed by atoms with E-state index in [1.807, 2.05) is 6.92 Å². The van der Waals surface area contributed by atoms with Gasteiger partial charge in [-0.1, -0.05) is 26.7 Å². The van der Waals surface area contributed by atoms with Crippen LogP contribution in [0.15, 0.2) is 0 Å². The van der Waals surface area contributed by atoms with Crippen molar-refractivity contribution in [2.75, 3.05) is 0 Å². The Bertz CT molecular complexity index is 171. The van der Waals surface area contributed by atoms with Crippen molar-refractivity contribution in [3.05, 3.63) is 10.1 Å². The minimum Gasteiger partial charge on any atom is -0.344 e. The Kier molecular flexibility index (Phi) is 7.35. The standard InChI is InChI=1S/C9H19NO3.H3N/c1-5-6-7-8(2)9(3,4)13-10(11)12;/h8H,5-7H2,1-4H3;1H3. The summed E-state index contributed by atoms with van der Waals surface area (Å²) in [5.74, 6) is 0.206. The molecule has 0 aromatic carbocycles. The molecule has 0 aliphatic carbocycles. The van der Waals surface area contributed by atoms with Crippen LogP contribution in [0, 0.1) is 16.0 Å². The molecule has 86 valence electrons. The summed E-state index contributed by atoms with van der Waals surface area (Å²) in [5.41, 5.74) is -0.668. The summed E-state index contributed by atoms with van der Waals surface area (Å²) >= 11 is 0. The number of nitrogens with zero attached hydrogens (tertiary/aromatic N) is 1. The van der Waals surface area contributed by atoms with Gasteiger partial charge in [-0.2, -0.15) is 0 Å². The van der Waals surface area contributed by atoms with Gasteiger partial charge in [0, 0.05) is 0 Å². The number of hydrogen-bond acceptors (Lipinski definition) is 4. The van der Waals surface area contributed by atoms with E-state index in [2.05, 4.69) is 11.8 Å². The summed E-state index contributed by atoms with van der Waals surface area (Å²) in [7, 11) is 0. The maximum Gasteiger partial charge on any atom is 0.295 e. The van der Waals surface area contributed by atoms with Gasteiger partial charge in [0.1, 0.15) is 5.60 Å². The molecule has 1 atom stereocenters. The van der Waals surface area contributed by atoms with Crippen molar-refractivity contribution in [2.24, 2.45) is 5.92 Å². The molecule has 0 saturated heterocycles. The van der Waals surface area contributed by atoms with E-state index >= 15 is 0 Å². The molecular weight excluding hydrogens is 184 g/mol. The molecule has 0 amide bonds. The fourth-order valence-electron chi connectivity index (χ4n) is 1.14. The minimum absolute atomic E-state index is 0. The molecule has 14 heavy (non-hydrogen) atoms. The zero-order valence-corrected chi connectivity index (χ0v) is 9.58. The SMILES string of the molecule is CCCCC(C)C(C)(C)O[N+](=O)[O-].N. The molecule has 0 radical (unpaired) electrons. The second-order valence-corrected chi connectivity index (χ2v) is 3.96. The molecule has 0 aliphatic heterocycles. The highest BCUT2D eigenvalue weighted by atomic mass is 17.0. The maximum atomic E-state index is 10.2. The monoisotopic (exact) mass is 206 g/mol. The molecule has 0 aromatic heterocycles. The minimum atomic E-state index is -0.706. The summed E-state index contributed by atoms with van der Waals surface area (Å²) in [6.07, 6.45) is 3.17. The van der Waals surface area contributed by atoms with Crippen LogP contribution in [-0.2, 0) is 4.84 Å². The average molecular weight is 206 g/mol. The Balaban J connectivity index is 0. The molecule has 0 saturated carbocycles. The van der Waals surface area contributed by atoms with Crippen molar-refractivity contribution in [1.29, 1.82) is 0 Å². The van der Waals surface area contributed by atoms with Gasteiger partial charge in [0.05, 0.1) is 0 Å². The summed E-state index contributed by atoms with van der Waals surface area (Å²) in [6.45, 7) is 7.61. The first kappa shape index (κ1) is 15.6. The molecule has 0 fully saturated rings. The third-order valence-electron chi connectivity index (χ3n) is 2.49. The van der Waals surface area contributed by atoms with Crippen LogP contribution in [0.3, 0.4) is 0 Å². The molecule has 0 rings (SSSR count). The second kappa shape index (κ2) is 6.59. The molecule has 1 unspecified atom stereocenters. The van der Waals surface area contributed by atoms with Crippen LogP contribution in [0.1, 0.15) is 47.0 Å². The quantitative estimate of drug-likeness (QED) is 0.534. The zero-order chi connectivity index (χ0) is 10.5. The van der Waals surface area contributed by atoms with Gasteiger partial charge < -0.3 is 11.0 Å². The molecule has 5 nitrogen and oxygen atoms in total. The van der Waals surface area contributed by atoms with Gasteiger partial charge in [0.2, 0.25) is 0 Å². The van der Waals surface area contributed by atoms with E-state index in [-0.39, 0.29) is 12.1 Å². The summed E-state index contributed by atoms with van der Waals surface area (Å²) in [5, 5.41) is 9.47. The van der Waals surface area contributed by atoms with E-state index in [1.54, 1.807) is 13.8 Å². The molecule has 0 spiro atoms. The molecule has 5 heteroatoms. The first-order valence-electron chi connectivity index (χ1n) is 4.73. The number of rotatable bonds is 6. The van der Waals surface area contributed by atoms with Crippen LogP contribution >= 0.6 is 0 Å². The zero-order valence-electron chi connectivity index (χ0n) is 9.58. The van der Waals surface area contributed by atoms with Gasteiger partial charge in [-0.25, -0.2) is 0 Å². The van der Waals surface area contributed by atoms with Crippen LogP contribution < -0.4 is 6.15 Å². The van der Waals surface area contributed by atoms with Crippen molar-refractivity contribution in [1.82, 2.24) is 6.15 Å². The van der Waals surface area contributed by atoms with Crippen LogP contribution in [0.5, 0.6) is 0 Å². The predicted molar refractivity (Wildman–Crippen MR) is 55.9 cm³/mol. The Labute approximate surface area is 85.5 Å². The third-order valence-corrected chi connectivity index (χ3v) is 2.49. The fourth-order valence-corrected chi connectivity index (χ4v) is 1.14. The van der Waals surface area contributed by atoms with Gasteiger partial charge in [0.15, 0.2) is 0 Å². The van der Waals surface area contributed by atoms with Crippen LogP contribution in [0.2, 0.25) is 0 Å². The highest BCUT2D eigenvalue weighted by Gasteiger charge is 2.29. The Hall–Kier alpha value is -0.840. The smallest absolute Gasteiger partial charge is 0.295 e. The summed E-state index contributed by atoms with van der Waals surface area (Å²) < 4.78 is 0. The van der Waals surface area contributed by atoms with E-state index in [0.717, 1.165) is 19.3 Å². The van der Waals surface area contributed by atoms with Gasteiger partial charge >= 0.3 is 0 Å². The Morgan fingerprint density at radius 2 is 2.00 bits per heavy atom. The van der Waals surface area contributed by atoms with Gasteiger partial charge in [-0.15, -0.1) is 10.1 Å². The van der Waals surface area contributed by atoms with E-state index in [9.17, 15) is 10.1 Å². The molecular formula is C9H22N2O3. The molecule has 0 bridgehead atoms. The topological polar surface area (TPSA) is 87.4 Å². The Morgan fingerprint density at radius 1 is 1.50 bits per heavy atom. The average Bonchev–Trinajstić information content (AvgIpc) is 1.97. The normalized spacial score (nSPS) is 12.9. The number of unbranched alkanes of at least 4 members (excludes halogenated alkanes) is 1. The van der Waals surface area contributed by atoms with Crippen LogP contribution in [-0.4, -0.2) is 10.7 Å². The van der Waals surface area contributed by atoms with E-state index < -0.39 is 10.7 Å². The summed E-state index contributed by atoms with van der Waals surface area (Å²) in [4.78, 5) is 14.8. The van der Waals surface area contributed by atoms with Gasteiger partial charge in [-0.3, -0.25) is 0 Å². The molecule has 0 aromatic rings. The molecule has 0 aliphatic rings. The lowest BCUT2D eigenvalue weighted by atomic mass is 9.88. The first-order chi connectivity index (χ1) is 5.90. The lowest BCUT2D eigenvalue weighted by Gasteiger charge is -2.29. The van der Waals surface area contributed by atoms with Crippen molar-refractivity contribution < 1.29 is 9.92 Å². The molecule has 0 heterocycles. The highest BCUT2D eigenvalue weighted by Crippen LogP contribution is 2.25. The largest absolute Gasteiger partial charge is 0.344 e. The van der Waals surface area contributed by atoms with Gasteiger partial charge in [0.25, 0.3) is 5.09 Å². The van der Waals surface area contributed by atoms with Crippen molar-refractivity contribution in [2.45, 2.75) is 52.6 Å². The van der Waals surface area contributed by atoms with Crippen LogP contribution in [0.25, 0.3) is 0 Å². The predicted octanol–water partition coefficient (Wildman–Crippen LogP) is 2.96. The maximum absolute atomic E-state index is 10.2. The Morgan fingerprint density at radius 3 is 2.36 bits per heavy atom. The molecule has 3 N–H and O–H groups in total. The summed E-state index contributed by atoms with van der Waals surface area (Å²) in [6, 6.07) is 0.